The Morgan fingerprint density at radius 1 is 1.18 bits per heavy atom. The molecule has 4 rings (SSSR count). The molecule has 0 saturated heterocycles. The van der Waals surface area contributed by atoms with Gasteiger partial charge in [0, 0.05) is 39.8 Å². The van der Waals surface area contributed by atoms with E-state index in [9.17, 15) is 20.1 Å². The van der Waals surface area contributed by atoms with E-state index in [0.29, 0.717) is 39.9 Å². The molecule has 1 heterocycles. The van der Waals surface area contributed by atoms with Gasteiger partial charge in [0.15, 0.2) is 11.2 Å². The van der Waals surface area contributed by atoms with Crippen molar-refractivity contribution in [1.82, 2.24) is 0 Å². The number of nitrogens with zero attached hydrogens (tertiary/aromatic N) is 3. The minimum atomic E-state index is -1.76. The average Bonchev–Trinajstić information content (AvgIpc) is 3.25. The van der Waals surface area contributed by atoms with Crippen molar-refractivity contribution in [3.63, 3.8) is 0 Å². The summed E-state index contributed by atoms with van der Waals surface area (Å²) in [6.07, 6.45) is 2.89. The number of halogens is 1. The second-order valence-electron chi connectivity index (χ2n) is 8.31. The summed E-state index contributed by atoms with van der Waals surface area (Å²) in [4.78, 5) is 29.4. The Hall–Kier alpha value is -3.42. The van der Waals surface area contributed by atoms with Gasteiger partial charge in [0.1, 0.15) is 11.2 Å². The number of amides is 1. The normalized spacial score (nSPS) is 22.5. The topological polar surface area (TPSA) is 94.2 Å². The zero-order valence-electron chi connectivity index (χ0n) is 18.6. The molecule has 0 N–H and O–H groups in total. The van der Waals surface area contributed by atoms with Crippen molar-refractivity contribution in [2.45, 2.75) is 25.2 Å². The van der Waals surface area contributed by atoms with E-state index in [4.69, 9.17) is 4.74 Å². The molecule has 0 bridgehead atoms. The van der Waals surface area contributed by atoms with Gasteiger partial charge in [-0.3, -0.25) is 9.59 Å². The predicted molar refractivity (Wildman–Crippen MR) is 127 cm³/mol. The largest absolute Gasteiger partial charge is 0.497 e. The zero-order chi connectivity index (χ0) is 24.0. The van der Waals surface area contributed by atoms with E-state index in [1.54, 1.807) is 55.6 Å². The number of methoxy groups -OCH3 is 1. The van der Waals surface area contributed by atoms with Crippen LogP contribution < -0.4 is 9.64 Å². The van der Waals surface area contributed by atoms with E-state index in [-0.39, 0.29) is 11.4 Å². The second-order valence-corrected chi connectivity index (χ2v) is 9.17. The zero-order valence-corrected chi connectivity index (χ0v) is 20.1. The van der Waals surface area contributed by atoms with Gasteiger partial charge in [0.2, 0.25) is 5.91 Å². The van der Waals surface area contributed by atoms with Crippen molar-refractivity contribution in [3.05, 3.63) is 69.7 Å². The van der Waals surface area contributed by atoms with Crippen LogP contribution in [-0.4, -0.2) is 25.8 Å². The van der Waals surface area contributed by atoms with Gasteiger partial charge in [-0.1, -0.05) is 41.4 Å². The Kier molecular flexibility index (Phi) is 5.64. The van der Waals surface area contributed by atoms with Crippen molar-refractivity contribution in [2.24, 2.45) is 11.3 Å². The van der Waals surface area contributed by atoms with Crippen LogP contribution in [-0.2, 0) is 10.2 Å². The van der Waals surface area contributed by atoms with Gasteiger partial charge in [-0.05, 0) is 42.8 Å². The minimum absolute atomic E-state index is 0.178. The molecule has 0 unspecified atom stereocenters. The third-order valence-corrected chi connectivity index (χ3v) is 7.48. The lowest BCUT2D eigenvalue weighted by molar-refractivity contribution is -0.123. The smallest absolute Gasteiger partial charge is 0.244 e. The number of fused-ring (bicyclic) bond motifs is 2. The Morgan fingerprint density at radius 2 is 1.85 bits per heavy atom. The summed E-state index contributed by atoms with van der Waals surface area (Å²) >= 11 is 3.56. The molecule has 2 atom stereocenters. The number of hydrogen-bond acceptors (Lipinski definition) is 5. The Bertz CT molecular complexity index is 1260. The van der Waals surface area contributed by atoms with Crippen LogP contribution in [0.1, 0.15) is 35.7 Å². The number of hydrogen-bond donors (Lipinski definition) is 0. The summed E-state index contributed by atoms with van der Waals surface area (Å²) < 4.78 is 5.78. The van der Waals surface area contributed by atoms with Gasteiger partial charge >= 0.3 is 0 Å². The molecule has 2 aromatic rings. The van der Waals surface area contributed by atoms with Gasteiger partial charge in [-0.15, -0.1) is 0 Å². The molecule has 7 heteroatoms. The number of anilines is 1. The first-order chi connectivity index (χ1) is 15.8. The second kappa shape index (κ2) is 8.17. The number of allylic oxidation sites excluding steroid dienone is 1. The van der Waals surface area contributed by atoms with Crippen molar-refractivity contribution in [3.8, 4) is 17.9 Å². The predicted octanol–water partition coefficient (Wildman–Crippen LogP) is 4.94. The maximum atomic E-state index is 14.1. The minimum Gasteiger partial charge on any atom is -0.497 e. The molecule has 0 radical (unpaired) electrons. The van der Waals surface area contributed by atoms with E-state index >= 15 is 0 Å². The summed E-state index contributed by atoms with van der Waals surface area (Å²) in [5, 5.41) is 21.0. The van der Waals surface area contributed by atoms with E-state index in [2.05, 4.69) is 28.1 Å². The van der Waals surface area contributed by atoms with E-state index in [1.807, 2.05) is 6.92 Å². The molecule has 0 aromatic heterocycles. The fourth-order valence-electron chi connectivity index (χ4n) is 5.30. The highest BCUT2D eigenvalue weighted by Gasteiger charge is 2.72. The summed E-state index contributed by atoms with van der Waals surface area (Å²) in [5.41, 5.74) is -1.89. The van der Waals surface area contributed by atoms with Crippen LogP contribution >= 0.6 is 15.9 Å². The molecule has 33 heavy (non-hydrogen) atoms. The average molecular weight is 504 g/mol. The molecule has 0 saturated carbocycles. The lowest BCUT2D eigenvalue weighted by Gasteiger charge is -2.37. The maximum absolute atomic E-state index is 14.1. The van der Waals surface area contributed by atoms with Crippen LogP contribution in [0, 0.1) is 34.0 Å². The van der Waals surface area contributed by atoms with Crippen molar-refractivity contribution >= 4 is 33.3 Å². The van der Waals surface area contributed by atoms with E-state index < -0.39 is 22.7 Å². The van der Waals surface area contributed by atoms with Crippen LogP contribution in [0.5, 0.6) is 5.75 Å². The number of nitriles is 2. The highest BCUT2D eigenvalue weighted by Crippen LogP contribution is 2.64. The van der Waals surface area contributed by atoms with E-state index in [1.165, 1.54) is 12.0 Å². The number of carbonyl (C=O) groups excluding carboxylic acids is 2. The highest BCUT2D eigenvalue weighted by atomic mass is 79.9. The number of carbonyl (C=O) groups is 2. The highest BCUT2D eigenvalue weighted by molar-refractivity contribution is 9.10. The third-order valence-electron chi connectivity index (χ3n) is 6.82. The molecule has 1 amide bonds. The summed E-state index contributed by atoms with van der Waals surface area (Å²) in [6.45, 7) is 1.95. The van der Waals surface area contributed by atoms with Gasteiger partial charge in [0.25, 0.3) is 0 Å². The monoisotopic (exact) mass is 503 g/mol. The number of benzene rings is 2. The molecule has 2 aliphatic rings. The van der Waals surface area contributed by atoms with Crippen LogP contribution in [0.25, 0.3) is 0 Å². The van der Waals surface area contributed by atoms with Gasteiger partial charge in [-0.2, -0.15) is 10.5 Å². The quantitative estimate of drug-likeness (QED) is 0.538. The molecule has 1 aliphatic heterocycles. The molecule has 1 aliphatic carbocycles. The van der Waals surface area contributed by atoms with Crippen molar-refractivity contribution in [1.29, 1.82) is 10.5 Å². The van der Waals surface area contributed by atoms with Gasteiger partial charge in [0.05, 0.1) is 19.2 Å². The first-order valence-corrected chi connectivity index (χ1v) is 11.4. The molecule has 6 nitrogen and oxygen atoms in total. The Morgan fingerprint density at radius 3 is 2.42 bits per heavy atom. The molecule has 0 fully saturated rings. The van der Waals surface area contributed by atoms with Crippen LogP contribution in [0.4, 0.5) is 5.69 Å². The van der Waals surface area contributed by atoms with Crippen molar-refractivity contribution in [2.75, 3.05) is 19.1 Å². The number of ether oxygens (including phenoxy) is 1. The SMILES string of the molecule is CCC[C@H]1C=C(C(=O)c2ccc(OC)cc2)[C@]2(C(=O)N(C)c3cccc(Br)c32)C1(C#N)C#N. The van der Waals surface area contributed by atoms with Crippen molar-refractivity contribution < 1.29 is 14.3 Å². The number of likely N-dealkylation sites (N-methyl/N-ethyl adjacent to an activating group) is 1. The van der Waals surface area contributed by atoms with Crippen LogP contribution in [0.2, 0.25) is 0 Å². The molecule has 2 aromatic carbocycles. The molecule has 166 valence electrons. The fourth-order valence-corrected chi connectivity index (χ4v) is 5.96. The standard InChI is InChI=1S/C26H22BrN3O3/c1-4-6-17-13-19(23(31)16-9-11-18(33-3)12-10-16)26(25(17,14-28)15-29)22-20(27)7-5-8-21(22)30(2)24(26)32/h5,7-13,17H,4,6H2,1-3H3/t17-,26-/m0/s1. The van der Waals surface area contributed by atoms with Gasteiger partial charge in [-0.25, -0.2) is 0 Å². The number of Topliss-reactive ketones (excluding diaryl/α,β-unsaturated/α-hetero) is 1. The first kappa shape index (κ1) is 22.8. The summed E-state index contributed by atoms with van der Waals surface area (Å²) in [6, 6.07) is 16.4. The Labute approximate surface area is 201 Å². The fraction of sp³-hybridized carbons (Fsp3) is 0.308. The molecule has 1 spiro atoms. The maximum Gasteiger partial charge on any atom is 0.244 e. The molecular formula is C26H22BrN3O3. The van der Waals surface area contributed by atoms with Crippen LogP contribution in [0.3, 0.4) is 0 Å². The molecular weight excluding hydrogens is 482 g/mol. The first-order valence-electron chi connectivity index (χ1n) is 10.6. The lowest BCUT2D eigenvalue weighted by Crippen LogP contribution is -2.53. The lowest BCUT2D eigenvalue weighted by atomic mass is 9.57. The summed E-state index contributed by atoms with van der Waals surface area (Å²) in [7, 11) is 3.15. The van der Waals surface area contributed by atoms with Gasteiger partial charge < -0.3 is 9.64 Å². The number of rotatable bonds is 5. The van der Waals surface area contributed by atoms with Crippen LogP contribution in [0.15, 0.2) is 58.6 Å². The number of ketones is 1. The van der Waals surface area contributed by atoms with E-state index in [0.717, 1.165) is 0 Å². The summed E-state index contributed by atoms with van der Waals surface area (Å²) in [5.74, 6) is -0.806. The third kappa shape index (κ3) is 2.82. The Balaban J connectivity index is 2.06.